The predicted octanol–water partition coefficient (Wildman–Crippen LogP) is 2.41. The van der Waals surface area contributed by atoms with E-state index in [0.717, 1.165) is 6.54 Å². The van der Waals surface area contributed by atoms with Crippen LogP contribution in [-0.2, 0) is 0 Å². The molecular weight excluding hydrogens is 310 g/mol. The van der Waals surface area contributed by atoms with Crippen LogP contribution < -0.4 is 5.32 Å². The van der Waals surface area contributed by atoms with E-state index in [4.69, 9.17) is 0 Å². The summed E-state index contributed by atoms with van der Waals surface area (Å²) in [6.07, 6.45) is 1.26. The molecule has 3 nitrogen and oxygen atoms in total. The highest BCUT2D eigenvalue weighted by Gasteiger charge is 2.30. The maximum atomic E-state index is 3.67. The number of thiophene rings is 1. The minimum atomic E-state index is 0.393. The summed E-state index contributed by atoms with van der Waals surface area (Å²) >= 11 is 5.50. The molecule has 18 heavy (non-hydrogen) atoms. The second kappa shape index (κ2) is 6.48. The Bertz CT molecular complexity index is 382. The zero-order valence-corrected chi connectivity index (χ0v) is 13.7. The van der Waals surface area contributed by atoms with Gasteiger partial charge in [0, 0.05) is 21.9 Å². The highest BCUT2D eigenvalue weighted by Crippen LogP contribution is 2.33. The van der Waals surface area contributed by atoms with Gasteiger partial charge in [0.05, 0.1) is 6.04 Å². The van der Waals surface area contributed by atoms with Gasteiger partial charge in [0.1, 0.15) is 0 Å². The Morgan fingerprint density at radius 3 is 2.83 bits per heavy atom. The van der Waals surface area contributed by atoms with Crippen LogP contribution in [0.2, 0.25) is 0 Å². The lowest BCUT2D eigenvalue weighted by atomic mass is 10.1. The van der Waals surface area contributed by atoms with E-state index in [-0.39, 0.29) is 0 Å². The number of rotatable bonds is 3. The first-order valence-electron chi connectivity index (χ1n) is 6.42. The van der Waals surface area contributed by atoms with Crippen LogP contribution in [0.4, 0.5) is 0 Å². The van der Waals surface area contributed by atoms with Gasteiger partial charge in [0.2, 0.25) is 0 Å². The molecular formula is C13H22BrN3S. The van der Waals surface area contributed by atoms with Crippen molar-refractivity contribution in [3.8, 4) is 0 Å². The van der Waals surface area contributed by atoms with Gasteiger partial charge in [-0.25, -0.2) is 0 Å². The van der Waals surface area contributed by atoms with Gasteiger partial charge in [-0.3, -0.25) is 0 Å². The topological polar surface area (TPSA) is 18.5 Å². The normalized spacial score (nSPS) is 25.0. The second-order valence-corrected chi connectivity index (χ2v) is 6.86. The Morgan fingerprint density at radius 1 is 1.44 bits per heavy atom. The summed E-state index contributed by atoms with van der Waals surface area (Å²) in [7, 11) is 6.54. The molecule has 102 valence electrons. The lowest BCUT2D eigenvalue weighted by molar-refractivity contribution is 0.184. The fourth-order valence-corrected chi connectivity index (χ4v) is 4.48. The molecule has 0 aliphatic carbocycles. The van der Waals surface area contributed by atoms with Gasteiger partial charge in [0.25, 0.3) is 0 Å². The highest BCUT2D eigenvalue weighted by molar-refractivity contribution is 9.10. The number of likely N-dealkylation sites (N-methyl/N-ethyl adjacent to an activating group) is 3. The molecule has 1 aromatic heterocycles. The average molecular weight is 332 g/mol. The molecule has 0 bridgehead atoms. The minimum Gasteiger partial charge on any atom is -0.311 e. The van der Waals surface area contributed by atoms with Gasteiger partial charge in [-0.1, -0.05) is 0 Å². The van der Waals surface area contributed by atoms with E-state index in [9.17, 15) is 0 Å². The Hall–Kier alpha value is 0.0600. The van der Waals surface area contributed by atoms with Crippen LogP contribution in [0.3, 0.4) is 0 Å². The molecule has 0 spiro atoms. The van der Waals surface area contributed by atoms with Gasteiger partial charge in [-0.05, 0) is 68.0 Å². The SMILES string of the molecule is CNC(c1sccc1Br)C1CN(C)CCCN1C. The van der Waals surface area contributed by atoms with Crippen LogP contribution in [0.1, 0.15) is 17.3 Å². The van der Waals surface area contributed by atoms with Crippen LogP contribution in [0.15, 0.2) is 15.9 Å². The number of nitrogens with zero attached hydrogens (tertiary/aromatic N) is 2. The number of hydrogen-bond donors (Lipinski definition) is 1. The van der Waals surface area contributed by atoms with Crippen LogP contribution in [0.25, 0.3) is 0 Å². The molecule has 1 aliphatic heterocycles. The molecule has 1 saturated heterocycles. The third kappa shape index (κ3) is 3.14. The minimum absolute atomic E-state index is 0.393. The summed E-state index contributed by atoms with van der Waals surface area (Å²) in [6.45, 7) is 3.49. The molecule has 5 heteroatoms. The first-order chi connectivity index (χ1) is 8.63. The molecule has 1 N–H and O–H groups in total. The first kappa shape index (κ1) is 14.5. The molecule has 1 fully saturated rings. The molecule has 2 unspecified atom stereocenters. The maximum Gasteiger partial charge on any atom is 0.0594 e. The summed E-state index contributed by atoms with van der Waals surface area (Å²) in [5, 5.41) is 5.66. The number of hydrogen-bond acceptors (Lipinski definition) is 4. The molecule has 1 aliphatic rings. The van der Waals surface area contributed by atoms with Crippen LogP contribution in [0.5, 0.6) is 0 Å². The highest BCUT2D eigenvalue weighted by atomic mass is 79.9. The van der Waals surface area contributed by atoms with E-state index in [0.29, 0.717) is 12.1 Å². The van der Waals surface area contributed by atoms with Gasteiger partial charge >= 0.3 is 0 Å². The Balaban J connectivity index is 2.22. The van der Waals surface area contributed by atoms with Crippen LogP contribution in [-0.4, -0.2) is 56.6 Å². The molecule has 0 radical (unpaired) electrons. The standard InChI is InChI=1S/C13H22BrN3S/c1-15-12(13-10(14)5-8-18-13)11-9-16(2)6-4-7-17(11)3/h5,8,11-12,15H,4,6-7,9H2,1-3H3. The van der Waals surface area contributed by atoms with Crippen molar-refractivity contribution < 1.29 is 0 Å². The van der Waals surface area contributed by atoms with Crippen molar-refractivity contribution in [3.05, 3.63) is 20.8 Å². The summed E-state index contributed by atoms with van der Waals surface area (Å²) in [5.41, 5.74) is 0. The second-order valence-electron chi connectivity index (χ2n) is 5.06. The Morgan fingerprint density at radius 2 is 2.22 bits per heavy atom. The van der Waals surface area contributed by atoms with Crippen LogP contribution >= 0.6 is 27.3 Å². The third-order valence-electron chi connectivity index (χ3n) is 3.74. The zero-order chi connectivity index (χ0) is 13.1. The van der Waals surface area contributed by atoms with Crippen molar-refractivity contribution in [2.45, 2.75) is 18.5 Å². The molecule has 2 atom stereocenters. The first-order valence-corrected chi connectivity index (χ1v) is 8.09. The van der Waals surface area contributed by atoms with Gasteiger partial charge < -0.3 is 15.1 Å². The monoisotopic (exact) mass is 331 g/mol. The number of halogens is 1. The van der Waals surface area contributed by atoms with E-state index < -0.39 is 0 Å². The molecule has 1 aromatic rings. The fraction of sp³-hybridized carbons (Fsp3) is 0.692. The van der Waals surface area contributed by atoms with E-state index >= 15 is 0 Å². The van der Waals surface area contributed by atoms with Crippen LogP contribution in [0, 0.1) is 0 Å². The van der Waals surface area contributed by atoms with E-state index in [2.05, 4.69) is 63.6 Å². The summed E-state index contributed by atoms with van der Waals surface area (Å²) in [6, 6.07) is 3.06. The number of nitrogens with one attached hydrogen (secondary N) is 1. The Labute approximate surface area is 122 Å². The smallest absolute Gasteiger partial charge is 0.0594 e. The third-order valence-corrected chi connectivity index (χ3v) is 5.69. The molecule has 2 heterocycles. The van der Waals surface area contributed by atoms with Crippen molar-refractivity contribution in [2.75, 3.05) is 40.8 Å². The van der Waals surface area contributed by atoms with Crippen molar-refractivity contribution in [1.29, 1.82) is 0 Å². The Kier molecular flexibility index (Phi) is 5.21. The van der Waals surface area contributed by atoms with Crippen molar-refractivity contribution in [3.63, 3.8) is 0 Å². The van der Waals surface area contributed by atoms with Crippen molar-refractivity contribution >= 4 is 27.3 Å². The van der Waals surface area contributed by atoms with Gasteiger partial charge in [0.15, 0.2) is 0 Å². The maximum absolute atomic E-state index is 3.67. The quantitative estimate of drug-likeness (QED) is 0.917. The molecule has 2 rings (SSSR count). The van der Waals surface area contributed by atoms with Gasteiger partial charge in [-0.15, -0.1) is 11.3 Å². The van der Waals surface area contributed by atoms with Crippen molar-refractivity contribution in [2.24, 2.45) is 0 Å². The lowest BCUT2D eigenvalue weighted by Crippen LogP contribution is -2.46. The molecule has 0 saturated carbocycles. The molecule has 0 amide bonds. The molecule has 0 aromatic carbocycles. The predicted molar refractivity (Wildman–Crippen MR) is 82.4 cm³/mol. The summed E-state index contributed by atoms with van der Waals surface area (Å²) < 4.78 is 1.23. The lowest BCUT2D eigenvalue weighted by Gasteiger charge is -2.34. The van der Waals surface area contributed by atoms with Gasteiger partial charge in [-0.2, -0.15) is 0 Å². The largest absolute Gasteiger partial charge is 0.311 e. The average Bonchev–Trinajstić information content (AvgIpc) is 2.67. The van der Waals surface area contributed by atoms with E-state index in [1.165, 1.54) is 28.9 Å². The summed E-state index contributed by atoms with van der Waals surface area (Å²) in [4.78, 5) is 6.35. The summed E-state index contributed by atoms with van der Waals surface area (Å²) in [5.74, 6) is 0. The zero-order valence-electron chi connectivity index (χ0n) is 11.3. The van der Waals surface area contributed by atoms with Crippen molar-refractivity contribution in [1.82, 2.24) is 15.1 Å². The van der Waals surface area contributed by atoms with E-state index in [1.54, 1.807) is 0 Å². The fourth-order valence-electron chi connectivity index (χ4n) is 2.69. The van der Waals surface area contributed by atoms with E-state index in [1.807, 2.05) is 11.3 Å².